The fraction of sp³-hybridized carbons (Fsp3) is 0.261. The molecular weight excluding hydrogens is 366 g/mol. The largest absolute Gasteiger partial charge is 0.497 e. The number of aryl methyl sites for hydroxylation is 1. The summed E-state index contributed by atoms with van der Waals surface area (Å²) in [6.07, 6.45) is 2.26. The van der Waals surface area contributed by atoms with Crippen LogP contribution in [0.3, 0.4) is 0 Å². The summed E-state index contributed by atoms with van der Waals surface area (Å²) in [6.45, 7) is 0.185. The topological polar surface area (TPSA) is 71.5 Å². The molecule has 0 aliphatic carbocycles. The smallest absolute Gasteiger partial charge is 0.325 e. The molecule has 1 N–H and O–H groups in total. The normalized spacial score (nSPS) is 16.3. The highest BCUT2D eigenvalue weighted by Crippen LogP contribution is 2.19. The predicted molar refractivity (Wildman–Crippen MR) is 111 cm³/mol. The van der Waals surface area contributed by atoms with Gasteiger partial charge in [-0.05, 0) is 49.1 Å². The van der Waals surface area contributed by atoms with E-state index in [9.17, 15) is 9.59 Å². The summed E-state index contributed by atoms with van der Waals surface area (Å²) in [4.78, 5) is 30.9. The third kappa shape index (κ3) is 4.21. The number of carbonyl (C=O) groups excluding carboxylic acids is 2. The molecule has 6 nitrogen and oxygen atoms in total. The monoisotopic (exact) mass is 389 g/mol. The van der Waals surface area contributed by atoms with E-state index in [1.165, 1.54) is 10.5 Å². The molecule has 3 aromatic rings. The number of fused-ring (bicyclic) bond motifs is 1. The second-order valence-electron chi connectivity index (χ2n) is 7.16. The van der Waals surface area contributed by atoms with Crippen LogP contribution in [0.25, 0.3) is 10.9 Å². The Morgan fingerprint density at radius 1 is 1.03 bits per heavy atom. The average Bonchev–Trinajstić information content (AvgIpc) is 3.02. The van der Waals surface area contributed by atoms with Crippen LogP contribution in [0.4, 0.5) is 4.79 Å². The molecule has 6 heteroatoms. The van der Waals surface area contributed by atoms with E-state index in [1.807, 2.05) is 60.7 Å². The highest BCUT2D eigenvalue weighted by molar-refractivity contribution is 6.04. The minimum Gasteiger partial charge on any atom is -0.497 e. The number of benzene rings is 2. The van der Waals surface area contributed by atoms with Gasteiger partial charge in [0.2, 0.25) is 0 Å². The lowest BCUT2D eigenvalue weighted by Crippen LogP contribution is -2.31. The van der Waals surface area contributed by atoms with E-state index in [1.54, 1.807) is 7.11 Å². The van der Waals surface area contributed by atoms with E-state index in [0.29, 0.717) is 12.1 Å². The molecule has 2 aromatic carbocycles. The second-order valence-corrected chi connectivity index (χ2v) is 7.16. The molecule has 1 atom stereocenters. The Balaban J connectivity index is 1.35. The Hall–Kier alpha value is -3.41. The molecule has 148 valence electrons. The van der Waals surface area contributed by atoms with Crippen molar-refractivity contribution in [3.63, 3.8) is 0 Å². The van der Waals surface area contributed by atoms with Gasteiger partial charge in [0.25, 0.3) is 5.91 Å². The first-order valence-electron chi connectivity index (χ1n) is 9.73. The molecule has 2 heterocycles. The van der Waals surface area contributed by atoms with Crippen LogP contribution < -0.4 is 10.1 Å². The Kier molecular flexibility index (Phi) is 5.42. The number of carbonyl (C=O) groups is 2. The molecule has 0 spiro atoms. The number of amides is 3. The van der Waals surface area contributed by atoms with Crippen LogP contribution in [0.15, 0.2) is 60.7 Å². The second kappa shape index (κ2) is 8.31. The summed E-state index contributed by atoms with van der Waals surface area (Å²) in [5, 5.41) is 3.84. The molecule has 29 heavy (non-hydrogen) atoms. The molecule has 0 bridgehead atoms. The van der Waals surface area contributed by atoms with Crippen molar-refractivity contribution in [2.24, 2.45) is 0 Å². The lowest BCUT2D eigenvalue weighted by Gasteiger charge is -2.13. The minimum absolute atomic E-state index is 0.181. The number of urea groups is 1. The fourth-order valence-electron chi connectivity index (χ4n) is 3.58. The molecule has 1 aromatic heterocycles. The van der Waals surface area contributed by atoms with Gasteiger partial charge in [0, 0.05) is 5.39 Å². The van der Waals surface area contributed by atoms with Crippen molar-refractivity contribution in [3.8, 4) is 5.75 Å². The van der Waals surface area contributed by atoms with Gasteiger partial charge in [0.15, 0.2) is 0 Å². The number of pyridine rings is 1. The van der Waals surface area contributed by atoms with Gasteiger partial charge in [-0.15, -0.1) is 0 Å². The van der Waals surface area contributed by atoms with Crippen LogP contribution in [-0.4, -0.2) is 35.0 Å². The molecular formula is C23H23N3O3. The van der Waals surface area contributed by atoms with Crippen molar-refractivity contribution in [1.82, 2.24) is 15.2 Å². The first kappa shape index (κ1) is 18.9. The first-order chi connectivity index (χ1) is 14.1. The van der Waals surface area contributed by atoms with E-state index in [2.05, 4.69) is 10.3 Å². The summed E-state index contributed by atoms with van der Waals surface area (Å²) in [7, 11) is 1.64. The lowest BCUT2D eigenvalue weighted by atomic mass is 10.0. The van der Waals surface area contributed by atoms with Crippen molar-refractivity contribution in [3.05, 3.63) is 71.9 Å². The molecule has 0 radical (unpaired) electrons. The highest BCUT2D eigenvalue weighted by Gasteiger charge is 2.37. The van der Waals surface area contributed by atoms with Crippen LogP contribution in [0.2, 0.25) is 0 Å². The Labute approximate surface area is 169 Å². The third-order valence-electron chi connectivity index (χ3n) is 5.20. The number of hydrogen-bond donors (Lipinski definition) is 1. The van der Waals surface area contributed by atoms with Gasteiger partial charge in [0.1, 0.15) is 11.8 Å². The maximum Gasteiger partial charge on any atom is 0.325 e. The molecule has 1 saturated heterocycles. The molecule has 3 amide bonds. The van der Waals surface area contributed by atoms with Crippen molar-refractivity contribution in [2.75, 3.05) is 7.11 Å². The molecule has 1 unspecified atom stereocenters. The Bertz CT molecular complexity index is 1030. The number of nitrogens with zero attached hydrogens (tertiary/aromatic N) is 2. The van der Waals surface area contributed by atoms with Crippen LogP contribution in [0.5, 0.6) is 5.75 Å². The van der Waals surface area contributed by atoms with Gasteiger partial charge in [-0.1, -0.05) is 36.4 Å². The lowest BCUT2D eigenvalue weighted by molar-refractivity contribution is -0.128. The van der Waals surface area contributed by atoms with Gasteiger partial charge in [-0.3, -0.25) is 14.7 Å². The molecule has 1 aliphatic rings. The van der Waals surface area contributed by atoms with E-state index >= 15 is 0 Å². The quantitative estimate of drug-likeness (QED) is 0.626. The summed E-state index contributed by atoms with van der Waals surface area (Å²) < 4.78 is 5.16. The van der Waals surface area contributed by atoms with Gasteiger partial charge in [-0.2, -0.15) is 0 Å². The first-order valence-corrected chi connectivity index (χ1v) is 9.73. The van der Waals surface area contributed by atoms with Crippen LogP contribution in [-0.2, 0) is 17.8 Å². The zero-order valence-corrected chi connectivity index (χ0v) is 16.3. The number of imide groups is 1. The van der Waals surface area contributed by atoms with Crippen molar-refractivity contribution >= 4 is 22.8 Å². The predicted octanol–water partition coefficient (Wildman–Crippen LogP) is 3.69. The van der Waals surface area contributed by atoms with Crippen LogP contribution in [0, 0.1) is 0 Å². The van der Waals surface area contributed by atoms with Crippen LogP contribution in [0.1, 0.15) is 24.1 Å². The minimum atomic E-state index is -0.471. The van der Waals surface area contributed by atoms with E-state index in [0.717, 1.165) is 29.5 Å². The summed E-state index contributed by atoms with van der Waals surface area (Å²) in [5.41, 5.74) is 2.74. The summed E-state index contributed by atoms with van der Waals surface area (Å²) in [6, 6.07) is 18.7. The Morgan fingerprint density at radius 3 is 2.62 bits per heavy atom. The van der Waals surface area contributed by atoms with Gasteiger partial charge < -0.3 is 10.1 Å². The van der Waals surface area contributed by atoms with Gasteiger partial charge in [0.05, 0.1) is 24.9 Å². The number of aromatic nitrogens is 1. The number of nitrogens with one attached hydrogen (secondary N) is 1. The van der Waals surface area contributed by atoms with Gasteiger partial charge >= 0.3 is 6.03 Å². The van der Waals surface area contributed by atoms with Crippen molar-refractivity contribution < 1.29 is 14.3 Å². The van der Waals surface area contributed by atoms with E-state index < -0.39 is 6.04 Å². The van der Waals surface area contributed by atoms with E-state index in [4.69, 9.17) is 4.74 Å². The SMILES string of the molecule is COc1ccc(CCCC2NC(=O)N(Cc3ccc4ccccc4n3)C2=O)cc1. The zero-order chi connectivity index (χ0) is 20.2. The van der Waals surface area contributed by atoms with Crippen molar-refractivity contribution in [2.45, 2.75) is 31.8 Å². The maximum atomic E-state index is 12.7. The number of hydrogen-bond acceptors (Lipinski definition) is 4. The Morgan fingerprint density at radius 2 is 1.83 bits per heavy atom. The average molecular weight is 389 g/mol. The number of para-hydroxylation sites is 1. The third-order valence-corrected chi connectivity index (χ3v) is 5.20. The number of rotatable bonds is 7. The molecule has 1 fully saturated rings. The maximum absolute atomic E-state index is 12.7. The highest BCUT2D eigenvalue weighted by atomic mass is 16.5. The van der Waals surface area contributed by atoms with Crippen LogP contribution >= 0.6 is 0 Å². The summed E-state index contributed by atoms with van der Waals surface area (Å²) >= 11 is 0. The molecule has 4 rings (SSSR count). The van der Waals surface area contributed by atoms with Crippen molar-refractivity contribution in [1.29, 1.82) is 0 Å². The zero-order valence-electron chi connectivity index (χ0n) is 16.3. The number of ether oxygens (including phenoxy) is 1. The van der Waals surface area contributed by atoms with E-state index in [-0.39, 0.29) is 18.5 Å². The van der Waals surface area contributed by atoms with Gasteiger partial charge in [-0.25, -0.2) is 4.79 Å². The number of methoxy groups -OCH3 is 1. The fourth-order valence-corrected chi connectivity index (χ4v) is 3.58. The molecule has 0 saturated carbocycles. The summed E-state index contributed by atoms with van der Waals surface area (Å²) in [5.74, 6) is 0.643. The standard InChI is InChI=1S/C23H23N3O3/c1-29-19-13-9-16(10-14-19)5-4-8-21-22(27)26(23(28)25-21)15-18-12-11-17-6-2-3-7-20(17)24-18/h2-3,6-7,9-14,21H,4-5,8,15H2,1H3,(H,25,28). The molecule has 1 aliphatic heterocycles.